The fraction of sp³-hybridized carbons (Fsp3) is 0.0870. The summed E-state index contributed by atoms with van der Waals surface area (Å²) in [6.45, 7) is -0.416. The Balaban J connectivity index is 1.31. The van der Waals surface area contributed by atoms with Crippen LogP contribution in [-0.4, -0.2) is 28.4 Å². The Bertz CT molecular complexity index is 1270. The first-order chi connectivity index (χ1) is 15.8. The fourth-order valence-electron chi connectivity index (χ4n) is 3.01. The van der Waals surface area contributed by atoms with Gasteiger partial charge in [0.1, 0.15) is 5.75 Å². The van der Waals surface area contributed by atoms with Gasteiger partial charge in [0.2, 0.25) is 5.95 Å². The number of imidazole rings is 1. The molecule has 7 nitrogen and oxygen atoms in total. The van der Waals surface area contributed by atoms with Crippen molar-refractivity contribution in [2.24, 2.45) is 0 Å². The highest BCUT2D eigenvalue weighted by atomic mass is 19.4. The van der Waals surface area contributed by atoms with E-state index < -0.39 is 24.3 Å². The van der Waals surface area contributed by atoms with Gasteiger partial charge in [-0.25, -0.2) is 4.98 Å². The van der Waals surface area contributed by atoms with Crippen molar-refractivity contribution in [3.05, 3.63) is 83.9 Å². The zero-order chi connectivity index (χ0) is 23.4. The minimum absolute atomic E-state index is 0.0102. The van der Waals surface area contributed by atoms with Crippen molar-refractivity contribution < 1.29 is 27.5 Å². The molecular formula is C23H17F3N4O3. The van der Waals surface area contributed by atoms with Crippen molar-refractivity contribution in [2.75, 3.05) is 17.2 Å². The van der Waals surface area contributed by atoms with Crippen molar-refractivity contribution in [3.8, 4) is 5.75 Å². The van der Waals surface area contributed by atoms with Gasteiger partial charge in [-0.1, -0.05) is 18.2 Å². The molecule has 1 heterocycles. The number of anilines is 2. The van der Waals surface area contributed by atoms with E-state index in [-0.39, 0.29) is 11.6 Å². The number of halogens is 3. The summed E-state index contributed by atoms with van der Waals surface area (Å²) >= 11 is 0. The number of para-hydroxylation sites is 2. The Morgan fingerprint density at radius 3 is 2.42 bits per heavy atom. The number of aromatic nitrogens is 2. The molecule has 3 aromatic carbocycles. The second-order valence-electron chi connectivity index (χ2n) is 7.00. The number of ether oxygens (including phenoxy) is 1. The van der Waals surface area contributed by atoms with Crippen molar-refractivity contribution in [1.82, 2.24) is 9.97 Å². The van der Waals surface area contributed by atoms with Crippen LogP contribution in [0.4, 0.5) is 24.8 Å². The molecule has 0 saturated carbocycles. The van der Waals surface area contributed by atoms with Gasteiger partial charge in [0.05, 0.1) is 16.6 Å². The highest BCUT2D eigenvalue weighted by Crippen LogP contribution is 2.30. The van der Waals surface area contributed by atoms with Crippen LogP contribution in [0.25, 0.3) is 11.0 Å². The highest BCUT2D eigenvalue weighted by Gasteiger charge is 2.30. The average molecular weight is 454 g/mol. The normalized spacial score (nSPS) is 11.2. The Morgan fingerprint density at radius 2 is 1.70 bits per heavy atom. The number of H-pyrrole nitrogens is 1. The average Bonchev–Trinajstić information content (AvgIpc) is 3.20. The van der Waals surface area contributed by atoms with Gasteiger partial charge in [-0.15, -0.1) is 0 Å². The number of hydrogen-bond acceptors (Lipinski definition) is 4. The summed E-state index contributed by atoms with van der Waals surface area (Å²) in [6, 6.07) is 17.7. The van der Waals surface area contributed by atoms with Gasteiger partial charge in [0, 0.05) is 11.3 Å². The third-order valence-corrected chi connectivity index (χ3v) is 4.58. The first-order valence-electron chi connectivity index (χ1n) is 9.74. The van der Waals surface area contributed by atoms with Gasteiger partial charge in [-0.2, -0.15) is 13.2 Å². The molecule has 33 heavy (non-hydrogen) atoms. The van der Waals surface area contributed by atoms with E-state index in [0.717, 1.165) is 23.2 Å². The molecular weight excluding hydrogens is 437 g/mol. The minimum atomic E-state index is -4.50. The summed E-state index contributed by atoms with van der Waals surface area (Å²) in [5.74, 6) is -0.383. The minimum Gasteiger partial charge on any atom is -0.484 e. The molecule has 4 rings (SSSR count). The van der Waals surface area contributed by atoms with Gasteiger partial charge in [-0.3, -0.25) is 14.9 Å². The van der Waals surface area contributed by atoms with Gasteiger partial charge >= 0.3 is 6.18 Å². The molecule has 0 aliphatic rings. The van der Waals surface area contributed by atoms with Crippen LogP contribution in [0.3, 0.4) is 0 Å². The third kappa shape index (κ3) is 5.48. The molecule has 4 aromatic rings. The van der Waals surface area contributed by atoms with E-state index in [1.54, 1.807) is 0 Å². The van der Waals surface area contributed by atoms with Crippen LogP contribution in [-0.2, 0) is 11.0 Å². The maximum Gasteiger partial charge on any atom is 0.416 e. The van der Waals surface area contributed by atoms with Crippen LogP contribution in [0, 0.1) is 0 Å². The fourth-order valence-corrected chi connectivity index (χ4v) is 3.01. The van der Waals surface area contributed by atoms with Crippen molar-refractivity contribution >= 4 is 34.5 Å². The van der Waals surface area contributed by atoms with E-state index in [0.29, 0.717) is 17.3 Å². The number of alkyl halides is 3. The zero-order valence-electron chi connectivity index (χ0n) is 16.9. The Morgan fingerprint density at radius 1 is 0.939 bits per heavy atom. The lowest BCUT2D eigenvalue weighted by molar-refractivity contribution is -0.137. The van der Waals surface area contributed by atoms with Crippen LogP contribution < -0.4 is 15.4 Å². The van der Waals surface area contributed by atoms with Crippen LogP contribution in [0.15, 0.2) is 72.8 Å². The molecule has 1 aromatic heterocycles. The summed E-state index contributed by atoms with van der Waals surface area (Å²) in [5, 5.41) is 5.02. The van der Waals surface area contributed by atoms with Crippen LogP contribution in [0.1, 0.15) is 15.9 Å². The molecule has 0 aliphatic carbocycles. The predicted octanol–water partition coefficient (Wildman–Crippen LogP) is 4.85. The summed E-state index contributed by atoms with van der Waals surface area (Å²) in [6.07, 6.45) is -4.50. The number of hydrogen-bond donors (Lipinski definition) is 3. The third-order valence-electron chi connectivity index (χ3n) is 4.58. The Labute approximate surface area is 185 Å². The van der Waals surface area contributed by atoms with Gasteiger partial charge in [0.15, 0.2) is 6.61 Å². The smallest absolute Gasteiger partial charge is 0.416 e. The van der Waals surface area contributed by atoms with E-state index in [9.17, 15) is 22.8 Å². The highest BCUT2D eigenvalue weighted by molar-refractivity contribution is 6.04. The number of benzene rings is 3. The standard InChI is InChI=1S/C23H17F3N4O3/c24-23(25,26)15-4-3-5-16(12-15)27-20(31)13-33-17-10-8-14(9-11-17)21(32)30-22-28-18-6-1-2-7-19(18)29-22/h1-12H,13H2,(H,27,31)(H2,28,29,30,32). The molecule has 3 N–H and O–H groups in total. The molecule has 0 atom stereocenters. The first-order valence-corrected chi connectivity index (χ1v) is 9.74. The number of nitrogens with one attached hydrogen (secondary N) is 3. The van der Waals surface area contributed by atoms with Crippen molar-refractivity contribution in [2.45, 2.75) is 6.18 Å². The lowest BCUT2D eigenvalue weighted by Gasteiger charge is -2.11. The summed E-state index contributed by atoms with van der Waals surface area (Å²) in [4.78, 5) is 31.7. The zero-order valence-corrected chi connectivity index (χ0v) is 16.9. The number of rotatable bonds is 6. The molecule has 0 saturated heterocycles. The molecule has 0 radical (unpaired) electrons. The van der Waals surface area contributed by atoms with Crippen molar-refractivity contribution in [3.63, 3.8) is 0 Å². The summed E-state index contributed by atoms with van der Waals surface area (Å²) < 4.78 is 43.6. The molecule has 0 bridgehead atoms. The van der Waals surface area contributed by atoms with E-state index in [4.69, 9.17) is 4.74 Å². The SMILES string of the molecule is O=C(COc1ccc(C(=O)Nc2nc3ccccc3[nH]2)cc1)Nc1cccc(C(F)(F)F)c1. The predicted molar refractivity (Wildman–Crippen MR) is 116 cm³/mol. The lowest BCUT2D eigenvalue weighted by Crippen LogP contribution is -2.20. The monoisotopic (exact) mass is 454 g/mol. The largest absolute Gasteiger partial charge is 0.484 e. The topological polar surface area (TPSA) is 96.1 Å². The maximum atomic E-state index is 12.8. The Kier molecular flexibility index (Phi) is 5.99. The second-order valence-corrected chi connectivity index (χ2v) is 7.00. The second kappa shape index (κ2) is 9.03. The molecule has 0 unspecified atom stereocenters. The van der Waals surface area contributed by atoms with Gasteiger partial charge in [0.25, 0.3) is 11.8 Å². The van der Waals surface area contributed by atoms with Crippen molar-refractivity contribution in [1.29, 1.82) is 0 Å². The number of carbonyl (C=O) groups is 2. The number of fused-ring (bicyclic) bond motifs is 1. The molecule has 0 fully saturated rings. The molecule has 10 heteroatoms. The first kappa shape index (κ1) is 21.9. The number of amides is 2. The number of carbonyl (C=O) groups excluding carboxylic acids is 2. The summed E-state index contributed by atoms with van der Waals surface area (Å²) in [5.41, 5.74) is 1.00. The maximum absolute atomic E-state index is 12.8. The van der Waals surface area contributed by atoms with Gasteiger partial charge in [-0.05, 0) is 54.6 Å². The molecule has 2 amide bonds. The van der Waals surface area contributed by atoms with Crippen LogP contribution in [0.2, 0.25) is 0 Å². The quantitative estimate of drug-likeness (QED) is 0.388. The van der Waals surface area contributed by atoms with Crippen LogP contribution >= 0.6 is 0 Å². The van der Waals surface area contributed by atoms with Gasteiger partial charge < -0.3 is 15.0 Å². The molecule has 168 valence electrons. The number of aromatic amines is 1. The Hall–Kier alpha value is -4.34. The summed E-state index contributed by atoms with van der Waals surface area (Å²) in [7, 11) is 0. The molecule has 0 aliphatic heterocycles. The number of nitrogens with zero attached hydrogens (tertiary/aromatic N) is 1. The van der Waals surface area contributed by atoms with E-state index in [1.807, 2.05) is 24.3 Å². The lowest BCUT2D eigenvalue weighted by atomic mass is 10.2. The van der Waals surface area contributed by atoms with E-state index >= 15 is 0 Å². The van der Waals surface area contributed by atoms with Crippen LogP contribution in [0.5, 0.6) is 5.75 Å². The van der Waals surface area contributed by atoms with E-state index in [2.05, 4.69) is 20.6 Å². The van der Waals surface area contributed by atoms with E-state index in [1.165, 1.54) is 36.4 Å². The molecule has 0 spiro atoms.